The monoisotopic (exact) mass is 448 g/mol. The van der Waals surface area contributed by atoms with E-state index in [9.17, 15) is 23.8 Å². The first-order valence-electron chi connectivity index (χ1n) is 7.89. The molecule has 29 heavy (non-hydrogen) atoms. The van der Waals surface area contributed by atoms with Crippen LogP contribution in [0.2, 0.25) is 10.0 Å². The molecule has 0 saturated heterocycles. The number of nitro groups is 1. The Bertz CT molecular complexity index is 1290. The third-order valence-corrected chi connectivity index (χ3v) is 6.21. The van der Waals surface area contributed by atoms with E-state index in [0.717, 1.165) is 12.1 Å². The van der Waals surface area contributed by atoms with Crippen molar-refractivity contribution in [1.82, 2.24) is 0 Å². The van der Waals surface area contributed by atoms with E-state index in [-0.39, 0.29) is 32.1 Å². The van der Waals surface area contributed by atoms with Gasteiger partial charge in [-0.2, -0.15) is 5.26 Å². The minimum Gasteiger partial charge on any atom is -0.457 e. The fourth-order valence-electron chi connectivity index (χ4n) is 2.46. The average molecular weight is 449 g/mol. The molecule has 3 aromatic rings. The van der Waals surface area contributed by atoms with Crippen LogP contribution in [0.5, 0.6) is 0 Å². The third kappa shape index (κ3) is 4.32. The normalized spacial score (nSPS) is 11.8. The molecule has 1 aromatic heterocycles. The molecule has 0 bridgehead atoms. The van der Waals surface area contributed by atoms with Crippen LogP contribution in [0, 0.1) is 21.4 Å². The van der Waals surface area contributed by atoms with Gasteiger partial charge in [0.25, 0.3) is 5.69 Å². The zero-order valence-corrected chi connectivity index (χ0v) is 16.7. The topological polar surface area (TPSA) is 114 Å². The molecular weight excluding hydrogens is 439 g/mol. The van der Waals surface area contributed by atoms with Gasteiger partial charge >= 0.3 is 0 Å². The number of halogens is 2. The molecule has 10 heteroatoms. The molecule has 0 N–H and O–H groups in total. The van der Waals surface area contributed by atoms with Crippen molar-refractivity contribution in [2.45, 2.75) is 4.90 Å². The lowest BCUT2D eigenvalue weighted by Gasteiger charge is -2.05. The highest BCUT2D eigenvalue weighted by Crippen LogP contribution is 2.31. The van der Waals surface area contributed by atoms with Gasteiger partial charge in [-0.3, -0.25) is 10.1 Å². The van der Waals surface area contributed by atoms with Crippen LogP contribution in [-0.4, -0.2) is 13.3 Å². The SMILES string of the molecule is N#C/C(=C\c1ccc(-c2cccc([N+](=O)[O-])c2)o1)S(=O)(=O)c1cc(Cl)ccc1Cl. The molecule has 0 saturated carbocycles. The van der Waals surface area contributed by atoms with E-state index in [1.54, 1.807) is 12.1 Å². The molecule has 2 aromatic carbocycles. The van der Waals surface area contributed by atoms with E-state index >= 15 is 0 Å². The number of furan rings is 1. The summed E-state index contributed by atoms with van der Waals surface area (Å²) in [5, 5.41) is 20.4. The van der Waals surface area contributed by atoms with Crippen molar-refractivity contribution < 1.29 is 17.8 Å². The highest BCUT2D eigenvalue weighted by molar-refractivity contribution is 7.95. The Morgan fingerprint density at radius 1 is 1.14 bits per heavy atom. The fraction of sp³-hybridized carbons (Fsp3) is 0. The van der Waals surface area contributed by atoms with Gasteiger partial charge in [0.05, 0.1) is 14.8 Å². The zero-order valence-electron chi connectivity index (χ0n) is 14.4. The molecular formula is C19H10Cl2N2O5S. The van der Waals surface area contributed by atoms with Crippen LogP contribution >= 0.6 is 23.2 Å². The molecule has 0 aliphatic carbocycles. The van der Waals surface area contributed by atoms with E-state index in [4.69, 9.17) is 27.6 Å². The Balaban J connectivity index is 2.01. The summed E-state index contributed by atoms with van der Waals surface area (Å²) in [6.07, 6.45) is 1.05. The summed E-state index contributed by atoms with van der Waals surface area (Å²) in [5.41, 5.74) is 0.310. The van der Waals surface area contributed by atoms with Crippen LogP contribution in [0.15, 0.2) is 68.8 Å². The lowest BCUT2D eigenvalue weighted by Crippen LogP contribution is -2.04. The van der Waals surface area contributed by atoms with Gasteiger partial charge in [-0.1, -0.05) is 35.3 Å². The number of nitriles is 1. The maximum atomic E-state index is 12.8. The second kappa shape index (κ2) is 8.09. The third-order valence-electron chi connectivity index (χ3n) is 3.82. The number of benzene rings is 2. The summed E-state index contributed by atoms with van der Waals surface area (Å²) >= 11 is 11.8. The average Bonchev–Trinajstić information content (AvgIpc) is 3.16. The molecule has 0 aliphatic rings. The number of hydrogen-bond acceptors (Lipinski definition) is 6. The largest absolute Gasteiger partial charge is 0.457 e. The van der Waals surface area contributed by atoms with Crippen molar-refractivity contribution in [3.05, 3.63) is 85.4 Å². The minimum atomic E-state index is -4.24. The number of rotatable bonds is 5. The van der Waals surface area contributed by atoms with Crippen LogP contribution in [0.1, 0.15) is 5.76 Å². The van der Waals surface area contributed by atoms with Crippen molar-refractivity contribution in [2.24, 2.45) is 0 Å². The van der Waals surface area contributed by atoms with Crippen molar-refractivity contribution >= 4 is 44.8 Å². The van der Waals surface area contributed by atoms with Gasteiger partial charge in [0, 0.05) is 28.8 Å². The van der Waals surface area contributed by atoms with Crippen molar-refractivity contribution in [1.29, 1.82) is 5.26 Å². The summed E-state index contributed by atoms with van der Waals surface area (Å²) in [4.78, 5) is 9.48. The van der Waals surface area contributed by atoms with Crippen molar-refractivity contribution in [3.8, 4) is 17.4 Å². The van der Waals surface area contributed by atoms with Gasteiger partial charge in [-0.15, -0.1) is 0 Å². The van der Waals surface area contributed by atoms with Crippen molar-refractivity contribution in [2.75, 3.05) is 0 Å². The number of hydrogen-bond donors (Lipinski definition) is 0. The molecule has 0 aliphatic heterocycles. The first-order chi connectivity index (χ1) is 13.7. The molecule has 7 nitrogen and oxygen atoms in total. The smallest absolute Gasteiger partial charge is 0.270 e. The van der Waals surface area contributed by atoms with E-state index in [1.165, 1.54) is 42.5 Å². The molecule has 0 fully saturated rings. The molecule has 0 spiro atoms. The van der Waals surface area contributed by atoms with Crippen LogP contribution in [0.25, 0.3) is 17.4 Å². The minimum absolute atomic E-state index is 0.0739. The number of nitro benzene ring substituents is 1. The first-order valence-corrected chi connectivity index (χ1v) is 10.1. The van der Waals surface area contributed by atoms with Gasteiger partial charge in [0.15, 0.2) is 4.91 Å². The molecule has 0 unspecified atom stereocenters. The maximum Gasteiger partial charge on any atom is 0.270 e. The summed E-state index contributed by atoms with van der Waals surface area (Å²) in [6.45, 7) is 0. The highest BCUT2D eigenvalue weighted by atomic mass is 35.5. The van der Waals surface area contributed by atoms with Gasteiger partial charge in [0.2, 0.25) is 9.84 Å². The first kappa shape index (κ1) is 20.6. The summed E-state index contributed by atoms with van der Waals surface area (Å²) in [7, 11) is -4.24. The van der Waals surface area contributed by atoms with Gasteiger partial charge in [-0.05, 0) is 30.3 Å². The predicted octanol–water partition coefficient (Wildman–Crippen LogP) is 5.50. The van der Waals surface area contributed by atoms with Crippen LogP contribution < -0.4 is 0 Å². The summed E-state index contributed by atoms with van der Waals surface area (Å²) in [6, 6.07) is 14.2. The second-order valence-corrected chi connectivity index (χ2v) is 8.44. The molecule has 3 rings (SSSR count). The maximum absolute atomic E-state index is 12.8. The number of sulfone groups is 1. The quantitative estimate of drug-likeness (QED) is 0.289. The van der Waals surface area contributed by atoms with E-state index in [2.05, 4.69) is 0 Å². The molecule has 146 valence electrons. The van der Waals surface area contributed by atoms with E-state index < -0.39 is 19.7 Å². The Kier molecular flexibility index (Phi) is 5.75. The van der Waals surface area contributed by atoms with Gasteiger partial charge in [0.1, 0.15) is 17.6 Å². The molecule has 0 atom stereocenters. The van der Waals surface area contributed by atoms with Gasteiger partial charge in [-0.25, -0.2) is 8.42 Å². The summed E-state index contributed by atoms with van der Waals surface area (Å²) < 4.78 is 31.1. The Labute approximate surface area is 175 Å². The summed E-state index contributed by atoms with van der Waals surface area (Å²) in [5.74, 6) is 0.347. The zero-order chi connectivity index (χ0) is 21.2. The number of nitrogens with zero attached hydrogens (tertiary/aromatic N) is 2. The van der Waals surface area contributed by atoms with Crippen LogP contribution in [0.3, 0.4) is 0 Å². The number of allylic oxidation sites excluding steroid dienone is 1. The van der Waals surface area contributed by atoms with Crippen molar-refractivity contribution in [3.63, 3.8) is 0 Å². The van der Waals surface area contributed by atoms with E-state index in [0.29, 0.717) is 5.56 Å². The standard InChI is InChI=1S/C19H10Cl2N2O5S/c20-13-4-6-17(21)19(9-13)29(26,27)16(11-22)10-15-5-7-18(28-15)12-2-1-3-14(8-12)23(24)25/h1-10H/b16-10+. The second-order valence-electron chi connectivity index (χ2n) is 5.71. The molecule has 1 heterocycles. The van der Waals surface area contributed by atoms with Crippen LogP contribution in [0.4, 0.5) is 5.69 Å². The lowest BCUT2D eigenvalue weighted by molar-refractivity contribution is -0.384. The van der Waals surface area contributed by atoms with Gasteiger partial charge < -0.3 is 4.42 Å². The lowest BCUT2D eigenvalue weighted by atomic mass is 10.1. The predicted molar refractivity (Wildman–Crippen MR) is 108 cm³/mol. The fourth-order valence-corrected chi connectivity index (χ4v) is 4.35. The van der Waals surface area contributed by atoms with E-state index in [1.807, 2.05) is 0 Å². The number of non-ortho nitro benzene ring substituents is 1. The Morgan fingerprint density at radius 2 is 1.90 bits per heavy atom. The highest BCUT2D eigenvalue weighted by Gasteiger charge is 2.24. The Morgan fingerprint density at radius 3 is 2.59 bits per heavy atom. The Hall–Kier alpha value is -3.12. The van der Waals surface area contributed by atoms with Crippen LogP contribution in [-0.2, 0) is 9.84 Å². The molecule has 0 radical (unpaired) electrons. The molecule has 0 amide bonds.